The Morgan fingerprint density at radius 2 is 1.83 bits per heavy atom. The number of rotatable bonds is 5. The van der Waals surface area contributed by atoms with Gasteiger partial charge in [0.05, 0.1) is 16.5 Å². The molecule has 1 atom stereocenters. The molecule has 1 fully saturated rings. The minimum Gasteiger partial charge on any atom is -0.301 e. The zero-order chi connectivity index (χ0) is 25.5. The molecule has 2 heterocycles. The van der Waals surface area contributed by atoms with Crippen LogP contribution < -0.4 is 5.56 Å². The number of likely N-dealkylation sites (tertiary alicyclic amines) is 1. The van der Waals surface area contributed by atoms with Crippen molar-refractivity contribution in [1.29, 1.82) is 0 Å². The summed E-state index contributed by atoms with van der Waals surface area (Å²) in [5, 5.41) is 0.278. The Balaban J connectivity index is 1.80. The van der Waals surface area contributed by atoms with Crippen LogP contribution in [0.2, 0.25) is 0 Å². The van der Waals surface area contributed by atoms with E-state index in [2.05, 4.69) is 18.7 Å². The first-order valence-electron chi connectivity index (χ1n) is 12.1. The number of aromatic nitrogens is 2. The summed E-state index contributed by atoms with van der Waals surface area (Å²) in [6.07, 6.45) is -2.51. The quantitative estimate of drug-likeness (QED) is 0.386. The molecule has 188 valence electrons. The van der Waals surface area contributed by atoms with Crippen LogP contribution in [0, 0.1) is 11.7 Å². The highest BCUT2D eigenvalue weighted by molar-refractivity contribution is 5.84. The molecule has 8 heteroatoms. The van der Waals surface area contributed by atoms with Crippen molar-refractivity contribution < 1.29 is 17.6 Å². The number of piperidine rings is 1. The average Bonchev–Trinajstić information content (AvgIpc) is 2.80. The third-order valence-corrected chi connectivity index (χ3v) is 6.83. The van der Waals surface area contributed by atoms with Crippen LogP contribution in [0.4, 0.5) is 17.6 Å². The zero-order valence-corrected chi connectivity index (χ0v) is 20.5. The van der Waals surface area contributed by atoms with Crippen LogP contribution >= 0.6 is 0 Å². The first-order valence-corrected chi connectivity index (χ1v) is 12.1. The van der Waals surface area contributed by atoms with Gasteiger partial charge in [0.25, 0.3) is 5.56 Å². The average molecular weight is 490 g/mol. The van der Waals surface area contributed by atoms with E-state index in [0.717, 1.165) is 38.1 Å². The summed E-state index contributed by atoms with van der Waals surface area (Å²) in [6.45, 7) is 10.8. The molecule has 35 heavy (non-hydrogen) atoms. The van der Waals surface area contributed by atoms with Gasteiger partial charge in [-0.05, 0) is 75.0 Å². The van der Waals surface area contributed by atoms with Crippen molar-refractivity contribution in [2.24, 2.45) is 5.92 Å². The lowest BCUT2D eigenvalue weighted by molar-refractivity contribution is -0.137. The molecule has 1 aliphatic rings. The zero-order valence-electron chi connectivity index (χ0n) is 20.5. The van der Waals surface area contributed by atoms with E-state index >= 15 is 0 Å². The Morgan fingerprint density at radius 1 is 1.09 bits per heavy atom. The second-order valence-corrected chi connectivity index (χ2v) is 10.1. The molecule has 1 aliphatic heterocycles. The van der Waals surface area contributed by atoms with Gasteiger partial charge in [-0.2, -0.15) is 13.2 Å². The maximum atomic E-state index is 14.5. The Morgan fingerprint density at radius 3 is 2.49 bits per heavy atom. The van der Waals surface area contributed by atoms with Crippen LogP contribution in [-0.4, -0.2) is 33.6 Å². The molecule has 0 unspecified atom stereocenters. The van der Waals surface area contributed by atoms with E-state index in [4.69, 9.17) is 4.98 Å². The Hall–Kier alpha value is -2.74. The molecule has 2 aromatic carbocycles. The molecule has 0 aliphatic carbocycles. The number of hydrogen-bond acceptors (Lipinski definition) is 3. The van der Waals surface area contributed by atoms with Crippen LogP contribution in [0.3, 0.4) is 0 Å². The lowest BCUT2D eigenvalue weighted by Crippen LogP contribution is -2.42. The highest BCUT2D eigenvalue weighted by Gasteiger charge is 2.31. The van der Waals surface area contributed by atoms with Gasteiger partial charge in [-0.25, -0.2) is 9.37 Å². The summed E-state index contributed by atoms with van der Waals surface area (Å²) in [7, 11) is 0. The number of nitrogens with zero attached hydrogens (tertiary/aromatic N) is 3. The van der Waals surface area contributed by atoms with Crippen LogP contribution in [0.5, 0.6) is 0 Å². The minimum absolute atomic E-state index is 0.0116. The standard InChI is InChI=1S/C27H31F4N3O/c1-16(2)25-32-24-10-7-19(21-13-20(27(29,30)31)8-9-23(21)28)12-22(24)26(35)34(25)15-18-6-5-11-33(14-18)17(3)4/h7-10,12-13,16-18H,5-6,11,14-15H2,1-4H3/t18-/m0/s1. The topological polar surface area (TPSA) is 38.1 Å². The van der Waals surface area contributed by atoms with Crippen molar-refractivity contribution in [2.45, 2.75) is 65.2 Å². The van der Waals surface area contributed by atoms with Gasteiger partial charge in [0.1, 0.15) is 11.6 Å². The van der Waals surface area contributed by atoms with Crippen molar-refractivity contribution in [3.63, 3.8) is 0 Å². The normalized spacial score (nSPS) is 17.6. The Kier molecular flexibility index (Phi) is 7.04. The number of alkyl halides is 3. The Labute approximate surface area is 202 Å². The SMILES string of the molecule is CC(C)c1nc2ccc(-c3cc(C(F)(F)F)ccc3F)cc2c(=O)n1C[C@H]1CCCN(C(C)C)C1. The maximum absolute atomic E-state index is 14.5. The van der Waals surface area contributed by atoms with Gasteiger partial charge >= 0.3 is 6.18 Å². The molecule has 0 saturated carbocycles. The third-order valence-electron chi connectivity index (χ3n) is 6.83. The van der Waals surface area contributed by atoms with Gasteiger partial charge in [0, 0.05) is 30.6 Å². The van der Waals surface area contributed by atoms with Gasteiger partial charge in [-0.15, -0.1) is 0 Å². The van der Waals surface area contributed by atoms with E-state index < -0.39 is 17.6 Å². The predicted octanol–water partition coefficient (Wildman–Crippen LogP) is 6.47. The van der Waals surface area contributed by atoms with E-state index in [0.29, 0.717) is 35.9 Å². The largest absolute Gasteiger partial charge is 0.416 e. The molecule has 0 N–H and O–H groups in total. The summed E-state index contributed by atoms with van der Waals surface area (Å²) in [5.74, 6) is 0.213. The van der Waals surface area contributed by atoms with E-state index in [1.807, 2.05) is 13.8 Å². The minimum atomic E-state index is -4.59. The van der Waals surface area contributed by atoms with E-state index in [-0.39, 0.29) is 28.0 Å². The van der Waals surface area contributed by atoms with E-state index in [1.54, 1.807) is 10.6 Å². The Bertz CT molecular complexity index is 1280. The van der Waals surface area contributed by atoms with E-state index in [9.17, 15) is 22.4 Å². The fourth-order valence-corrected chi connectivity index (χ4v) is 4.92. The van der Waals surface area contributed by atoms with Gasteiger partial charge in [-0.3, -0.25) is 9.36 Å². The van der Waals surface area contributed by atoms with Crippen LogP contribution in [0.15, 0.2) is 41.2 Å². The highest BCUT2D eigenvalue weighted by atomic mass is 19.4. The lowest BCUT2D eigenvalue weighted by Gasteiger charge is -2.36. The second-order valence-electron chi connectivity index (χ2n) is 10.1. The molecule has 0 radical (unpaired) electrons. The van der Waals surface area contributed by atoms with Crippen LogP contribution in [0.1, 0.15) is 57.8 Å². The van der Waals surface area contributed by atoms with Crippen LogP contribution in [0.25, 0.3) is 22.0 Å². The molecule has 1 saturated heterocycles. The second kappa shape index (κ2) is 9.72. The predicted molar refractivity (Wildman–Crippen MR) is 130 cm³/mol. The molecule has 3 aromatic rings. The van der Waals surface area contributed by atoms with Crippen molar-refractivity contribution in [3.8, 4) is 11.1 Å². The fourth-order valence-electron chi connectivity index (χ4n) is 4.92. The van der Waals surface area contributed by atoms with Gasteiger partial charge in [0.15, 0.2) is 0 Å². The molecule has 4 nitrogen and oxygen atoms in total. The molecule has 0 spiro atoms. The summed E-state index contributed by atoms with van der Waals surface area (Å²) < 4.78 is 55.9. The maximum Gasteiger partial charge on any atom is 0.416 e. The number of halogens is 4. The van der Waals surface area contributed by atoms with Gasteiger partial charge < -0.3 is 4.90 Å². The molecule has 0 amide bonds. The first kappa shape index (κ1) is 25.4. The summed E-state index contributed by atoms with van der Waals surface area (Å²) >= 11 is 0. The van der Waals surface area contributed by atoms with Gasteiger partial charge in [0.2, 0.25) is 0 Å². The molecule has 0 bridgehead atoms. The van der Waals surface area contributed by atoms with Crippen molar-refractivity contribution in [1.82, 2.24) is 14.5 Å². The summed E-state index contributed by atoms with van der Waals surface area (Å²) in [5.41, 5.74) is -0.701. The smallest absolute Gasteiger partial charge is 0.301 e. The van der Waals surface area contributed by atoms with Crippen molar-refractivity contribution in [2.75, 3.05) is 13.1 Å². The summed E-state index contributed by atoms with van der Waals surface area (Å²) in [6, 6.07) is 7.31. The molecule has 4 rings (SSSR count). The third kappa shape index (κ3) is 5.27. The summed E-state index contributed by atoms with van der Waals surface area (Å²) in [4.78, 5) is 20.8. The fraction of sp³-hybridized carbons (Fsp3) is 0.481. The lowest BCUT2D eigenvalue weighted by atomic mass is 9.96. The van der Waals surface area contributed by atoms with Crippen molar-refractivity contribution in [3.05, 3.63) is 64.0 Å². The first-order chi connectivity index (χ1) is 16.5. The highest BCUT2D eigenvalue weighted by Crippen LogP contribution is 2.34. The molecular weight excluding hydrogens is 458 g/mol. The monoisotopic (exact) mass is 489 g/mol. The number of hydrogen-bond donors (Lipinski definition) is 0. The number of fused-ring (bicyclic) bond motifs is 1. The van der Waals surface area contributed by atoms with E-state index in [1.165, 1.54) is 12.1 Å². The van der Waals surface area contributed by atoms with Crippen LogP contribution in [-0.2, 0) is 12.7 Å². The van der Waals surface area contributed by atoms with Crippen molar-refractivity contribution >= 4 is 10.9 Å². The number of benzene rings is 2. The van der Waals surface area contributed by atoms with Gasteiger partial charge in [-0.1, -0.05) is 19.9 Å². The molecule has 1 aromatic heterocycles. The molecular formula is C27H31F4N3O.